The van der Waals surface area contributed by atoms with Gasteiger partial charge in [0.25, 0.3) is 0 Å². The molecule has 3 aromatic heterocycles. The van der Waals surface area contributed by atoms with E-state index in [1.54, 1.807) is 49.7 Å². The molecule has 1 unspecified atom stereocenters. The van der Waals surface area contributed by atoms with Crippen molar-refractivity contribution in [3.05, 3.63) is 113 Å². The Morgan fingerprint density at radius 2 is 1.71 bits per heavy atom. The van der Waals surface area contributed by atoms with E-state index in [-0.39, 0.29) is 24.7 Å². The van der Waals surface area contributed by atoms with Gasteiger partial charge in [-0.25, -0.2) is 29.1 Å². The zero-order valence-electron chi connectivity index (χ0n) is 25.5. The first kappa shape index (κ1) is 32.9. The zero-order valence-corrected chi connectivity index (χ0v) is 27.9. The standard InChI is InChI=1S/C35H28BrFN4O6S/c1-44-16-17-45-27-9-5-3-7-25(27)32-38-15-14-24(41-32)19-46-26-8-4-2-6-22(26)18-28(35(42)43)47-33-29-30(36)31(48-34(29)40-20-39-33)21-10-12-23(37)13-11-21/h2-15,20,28H,16-19H2,1H3,(H,42,43). The maximum Gasteiger partial charge on any atom is 0.345 e. The molecule has 0 radical (unpaired) electrons. The van der Waals surface area contributed by atoms with E-state index in [0.29, 0.717) is 56.5 Å². The summed E-state index contributed by atoms with van der Waals surface area (Å²) in [5, 5.41) is 10.7. The van der Waals surface area contributed by atoms with Crippen LogP contribution in [0.15, 0.2) is 95.9 Å². The quantitative estimate of drug-likeness (QED) is 0.113. The highest BCUT2D eigenvalue weighted by molar-refractivity contribution is 9.10. The molecule has 6 rings (SSSR count). The molecule has 244 valence electrons. The van der Waals surface area contributed by atoms with Gasteiger partial charge in [0.05, 0.1) is 32.6 Å². The van der Waals surface area contributed by atoms with Gasteiger partial charge in [0.15, 0.2) is 5.82 Å². The van der Waals surface area contributed by atoms with Crippen LogP contribution in [0.5, 0.6) is 17.4 Å². The first-order valence-corrected chi connectivity index (χ1v) is 16.3. The van der Waals surface area contributed by atoms with E-state index in [9.17, 15) is 14.3 Å². The number of benzene rings is 3. The molecule has 1 atom stereocenters. The topological polar surface area (TPSA) is 126 Å². The fourth-order valence-electron chi connectivity index (χ4n) is 4.85. The third-order valence-corrected chi connectivity index (χ3v) is 9.37. The number of ether oxygens (including phenoxy) is 4. The molecule has 1 N–H and O–H groups in total. The minimum absolute atomic E-state index is 0.00914. The van der Waals surface area contributed by atoms with Gasteiger partial charge in [0, 0.05) is 19.7 Å². The van der Waals surface area contributed by atoms with Crippen molar-refractivity contribution in [3.63, 3.8) is 0 Å². The molecule has 0 saturated carbocycles. The molecular formula is C35H28BrFN4O6S. The number of hydrogen-bond donors (Lipinski definition) is 1. The summed E-state index contributed by atoms with van der Waals surface area (Å²) in [5.74, 6) is 0.199. The fourth-order valence-corrected chi connectivity index (χ4v) is 6.84. The third kappa shape index (κ3) is 7.59. The summed E-state index contributed by atoms with van der Waals surface area (Å²) in [6, 6.07) is 22.5. The number of rotatable bonds is 14. The van der Waals surface area contributed by atoms with E-state index in [4.69, 9.17) is 18.9 Å². The Morgan fingerprint density at radius 3 is 2.50 bits per heavy atom. The Morgan fingerprint density at radius 1 is 0.938 bits per heavy atom. The Hall–Kier alpha value is -4.98. The summed E-state index contributed by atoms with van der Waals surface area (Å²) < 4.78 is 37.3. The number of carbonyl (C=O) groups is 1. The summed E-state index contributed by atoms with van der Waals surface area (Å²) in [5.41, 5.74) is 2.75. The number of aliphatic carboxylic acids is 1. The van der Waals surface area contributed by atoms with Gasteiger partial charge in [-0.15, -0.1) is 11.3 Å². The normalized spacial score (nSPS) is 11.7. The molecule has 3 heterocycles. The van der Waals surface area contributed by atoms with Crippen molar-refractivity contribution in [1.82, 2.24) is 19.9 Å². The Bertz CT molecular complexity index is 2040. The lowest BCUT2D eigenvalue weighted by molar-refractivity contribution is -0.145. The molecule has 0 amide bonds. The van der Waals surface area contributed by atoms with Crippen molar-refractivity contribution in [1.29, 1.82) is 0 Å². The smallest absolute Gasteiger partial charge is 0.345 e. The first-order chi connectivity index (χ1) is 23.4. The molecule has 6 aromatic rings. The van der Waals surface area contributed by atoms with Crippen molar-refractivity contribution in [2.75, 3.05) is 20.3 Å². The molecule has 0 bridgehead atoms. The van der Waals surface area contributed by atoms with Crippen molar-refractivity contribution < 1.29 is 33.2 Å². The first-order valence-electron chi connectivity index (χ1n) is 14.7. The lowest BCUT2D eigenvalue weighted by Gasteiger charge is -2.17. The number of halogens is 2. The van der Waals surface area contributed by atoms with Crippen molar-refractivity contribution in [2.24, 2.45) is 0 Å². The second kappa shape index (κ2) is 15.3. The fraction of sp³-hybridized carbons (Fsp3) is 0.171. The van der Waals surface area contributed by atoms with Crippen LogP contribution in [0.25, 0.3) is 32.0 Å². The number of para-hydroxylation sites is 2. The number of nitrogens with zero attached hydrogens (tertiary/aromatic N) is 4. The largest absolute Gasteiger partial charge is 0.490 e. The van der Waals surface area contributed by atoms with Gasteiger partial charge in [0.1, 0.15) is 41.7 Å². The van der Waals surface area contributed by atoms with E-state index in [1.165, 1.54) is 29.8 Å². The molecule has 0 spiro atoms. The number of carboxylic acids is 1. The molecule has 0 aliphatic carbocycles. The van der Waals surface area contributed by atoms with Crippen molar-refractivity contribution in [2.45, 2.75) is 19.1 Å². The summed E-state index contributed by atoms with van der Waals surface area (Å²) in [4.78, 5) is 31.6. The van der Waals surface area contributed by atoms with Crippen LogP contribution in [0.3, 0.4) is 0 Å². The van der Waals surface area contributed by atoms with Gasteiger partial charge in [-0.2, -0.15) is 0 Å². The minimum atomic E-state index is -1.30. The van der Waals surface area contributed by atoms with Crippen LogP contribution in [-0.4, -0.2) is 57.4 Å². The predicted octanol–water partition coefficient (Wildman–Crippen LogP) is 7.40. The number of aromatic nitrogens is 4. The van der Waals surface area contributed by atoms with Gasteiger partial charge in [-0.1, -0.05) is 42.5 Å². The second-order valence-corrected chi connectivity index (χ2v) is 12.2. The monoisotopic (exact) mass is 730 g/mol. The average Bonchev–Trinajstić information content (AvgIpc) is 3.45. The molecule has 0 aliphatic rings. The Balaban J connectivity index is 1.20. The average molecular weight is 732 g/mol. The van der Waals surface area contributed by atoms with Crippen LogP contribution >= 0.6 is 27.3 Å². The van der Waals surface area contributed by atoms with Crippen LogP contribution in [0.2, 0.25) is 0 Å². The molecule has 48 heavy (non-hydrogen) atoms. The van der Waals surface area contributed by atoms with Gasteiger partial charge in [0.2, 0.25) is 12.0 Å². The van der Waals surface area contributed by atoms with E-state index in [0.717, 1.165) is 16.0 Å². The number of hydrogen-bond acceptors (Lipinski definition) is 10. The van der Waals surface area contributed by atoms with Crippen LogP contribution in [-0.2, 0) is 22.6 Å². The summed E-state index contributed by atoms with van der Waals surface area (Å²) in [7, 11) is 1.61. The lowest BCUT2D eigenvalue weighted by Crippen LogP contribution is -2.30. The highest BCUT2D eigenvalue weighted by atomic mass is 79.9. The van der Waals surface area contributed by atoms with Gasteiger partial charge in [-0.05, 0) is 63.5 Å². The molecule has 10 nitrogen and oxygen atoms in total. The van der Waals surface area contributed by atoms with Crippen LogP contribution < -0.4 is 14.2 Å². The number of fused-ring (bicyclic) bond motifs is 1. The molecule has 0 aliphatic heterocycles. The Kier molecular flexibility index (Phi) is 10.5. The molecule has 3 aromatic carbocycles. The summed E-state index contributed by atoms with van der Waals surface area (Å²) in [6.45, 7) is 0.944. The summed E-state index contributed by atoms with van der Waals surface area (Å²) in [6.07, 6.45) is 1.67. The van der Waals surface area contributed by atoms with Crippen molar-refractivity contribution >= 4 is 43.5 Å². The SMILES string of the molecule is COCCOc1ccccc1-c1nccc(COc2ccccc2CC(Oc2ncnc3sc(-c4ccc(F)cc4)c(Br)c23)C(=O)O)n1. The van der Waals surface area contributed by atoms with Gasteiger partial charge in [-0.3, -0.25) is 0 Å². The molecule has 13 heteroatoms. The van der Waals surface area contributed by atoms with Crippen molar-refractivity contribution in [3.8, 4) is 39.2 Å². The number of thiophene rings is 1. The van der Waals surface area contributed by atoms with E-state index < -0.39 is 12.1 Å². The second-order valence-electron chi connectivity index (χ2n) is 10.4. The molecular weight excluding hydrogens is 703 g/mol. The zero-order chi connectivity index (χ0) is 33.5. The van der Waals surface area contributed by atoms with Gasteiger partial charge < -0.3 is 24.1 Å². The molecule has 0 saturated heterocycles. The lowest BCUT2D eigenvalue weighted by atomic mass is 10.1. The highest BCUT2D eigenvalue weighted by Crippen LogP contribution is 2.44. The Labute approximate surface area is 287 Å². The molecule has 0 fully saturated rings. The highest BCUT2D eigenvalue weighted by Gasteiger charge is 2.26. The summed E-state index contributed by atoms with van der Waals surface area (Å²) >= 11 is 4.97. The van der Waals surface area contributed by atoms with E-state index >= 15 is 0 Å². The maximum absolute atomic E-state index is 13.5. The number of carboxylic acid groups (broad SMARTS) is 1. The van der Waals surface area contributed by atoms with Crippen LogP contribution in [0, 0.1) is 5.82 Å². The third-order valence-electron chi connectivity index (χ3n) is 7.17. The van der Waals surface area contributed by atoms with Gasteiger partial charge >= 0.3 is 5.97 Å². The maximum atomic E-state index is 13.5. The minimum Gasteiger partial charge on any atom is -0.490 e. The number of methoxy groups -OCH3 is 1. The predicted molar refractivity (Wildman–Crippen MR) is 182 cm³/mol. The van der Waals surface area contributed by atoms with Crippen LogP contribution in [0.1, 0.15) is 11.3 Å². The van der Waals surface area contributed by atoms with E-state index in [1.807, 2.05) is 30.3 Å². The van der Waals surface area contributed by atoms with Crippen LogP contribution in [0.4, 0.5) is 4.39 Å². The van der Waals surface area contributed by atoms with E-state index in [2.05, 4.69) is 35.9 Å².